The van der Waals surface area contributed by atoms with Gasteiger partial charge in [-0.2, -0.15) is 0 Å². The lowest BCUT2D eigenvalue weighted by molar-refractivity contribution is 0.458. The Balaban J connectivity index is 2.35. The van der Waals surface area contributed by atoms with Crippen LogP contribution in [0.4, 0.5) is 5.69 Å². The van der Waals surface area contributed by atoms with Gasteiger partial charge in [0.2, 0.25) is 0 Å². The van der Waals surface area contributed by atoms with Crippen LogP contribution in [0.5, 0.6) is 0 Å². The third kappa shape index (κ3) is 1.50. The molecule has 0 aromatic carbocycles. The van der Waals surface area contributed by atoms with E-state index in [1.54, 1.807) is 12.5 Å². The minimum absolute atomic E-state index is 0.268. The average Bonchev–Trinajstić information content (AvgIpc) is 2.27. The molecule has 0 saturated carbocycles. The van der Waals surface area contributed by atoms with Crippen LogP contribution in [0.15, 0.2) is 23.5 Å². The van der Waals surface area contributed by atoms with Crippen molar-refractivity contribution in [2.45, 2.75) is 26.3 Å². The van der Waals surface area contributed by atoms with Crippen molar-refractivity contribution in [2.75, 3.05) is 5.32 Å². The van der Waals surface area contributed by atoms with Crippen LogP contribution in [0.25, 0.3) is 0 Å². The van der Waals surface area contributed by atoms with E-state index in [-0.39, 0.29) is 6.04 Å². The number of hydrogen-bond acceptors (Lipinski definition) is 3. The van der Waals surface area contributed by atoms with Gasteiger partial charge < -0.3 is 5.32 Å². The standard InChI is InChI=1S/C11H15N3/c1-3-8(2)11-9-6-12-5-4-10(9)13-7-14-11/h4-8,11H,3H2,1-2H3,(H,13,14). The molecule has 1 aliphatic heterocycles. The molecular formula is C11H15N3. The number of fused-ring (bicyclic) bond motifs is 1. The van der Waals surface area contributed by atoms with Gasteiger partial charge in [0, 0.05) is 23.6 Å². The summed E-state index contributed by atoms with van der Waals surface area (Å²) in [6.45, 7) is 4.42. The van der Waals surface area contributed by atoms with Crippen molar-refractivity contribution in [2.24, 2.45) is 10.9 Å². The smallest absolute Gasteiger partial charge is 0.0875 e. The van der Waals surface area contributed by atoms with Crippen LogP contribution in [0, 0.1) is 5.92 Å². The highest BCUT2D eigenvalue weighted by molar-refractivity contribution is 5.80. The Morgan fingerprint density at radius 3 is 3.21 bits per heavy atom. The highest BCUT2D eigenvalue weighted by atomic mass is 15.0. The van der Waals surface area contributed by atoms with Gasteiger partial charge in [0.1, 0.15) is 0 Å². The minimum atomic E-state index is 0.268. The predicted molar refractivity (Wildman–Crippen MR) is 58.5 cm³/mol. The minimum Gasteiger partial charge on any atom is -0.346 e. The first-order valence-corrected chi connectivity index (χ1v) is 5.05. The van der Waals surface area contributed by atoms with Gasteiger partial charge in [0.05, 0.1) is 12.4 Å². The maximum absolute atomic E-state index is 4.47. The third-order valence-corrected chi connectivity index (χ3v) is 2.81. The molecule has 3 nitrogen and oxygen atoms in total. The molecule has 1 aliphatic rings. The van der Waals surface area contributed by atoms with E-state index in [0.717, 1.165) is 12.1 Å². The van der Waals surface area contributed by atoms with Crippen molar-refractivity contribution in [3.63, 3.8) is 0 Å². The molecule has 74 valence electrons. The Hall–Kier alpha value is -1.38. The van der Waals surface area contributed by atoms with Crippen molar-refractivity contribution in [3.05, 3.63) is 24.0 Å². The van der Waals surface area contributed by atoms with Crippen molar-refractivity contribution in [1.29, 1.82) is 0 Å². The van der Waals surface area contributed by atoms with Crippen LogP contribution in [0.1, 0.15) is 31.9 Å². The molecule has 2 unspecified atom stereocenters. The van der Waals surface area contributed by atoms with Gasteiger partial charge in [-0.3, -0.25) is 9.98 Å². The number of pyridine rings is 1. The van der Waals surface area contributed by atoms with Crippen LogP contribution in [-0.4, -0.2) is 11.3 Å². The fraction of sp³-hybridized carbons (Fsp3) is 0.455. The van der Waals surface area contributed by atoms with Crippen LogP contribution >= 0.6 is 0 Å². The van der Waals surface area contributed by atoms with Gasteiger partial charge in [-0.05, 0) is 12.0 Å². The molecule has 2 rings (SSSR count). The van der Waals surface area contributed by atoms with Gasteiger partial charge in [0.25, 0.3) is 0 Å². The normalized spacial score (nSPS) is 21.1. The number of anilines is 1. The zero-order valence-corrected chi connectivity index (χ0v) is 8.57. The highest BCUT2D eigenvalue weighted by Crippen LogP contribution is 2.34. The molecule has 0 bridgehead atoms. The lowest BCUT2D eigenvalue weighted by Crippen LogP contribution is -2.15. The second kappa shape index (κ2) is 3.78. The number of aromatic nitrogens is 1. The van der Waals surface area contributed by atoms with Crippen molar-refractivity contribution in [1.82, 2.24) is 4.98 Å². The Kier molecular flexibility index (Phi) is 2.48. The SMILES string of the molecule is CCC(C)C1N=CNc2ccncc21. The number of aliphatic imine (C=N–C) groups is 1. The molecule has 14 heavy (non-hydrogen) atoms. The van der Waals surface area contributed by atoms with Gasteiger partial charge in [-0.1, -0.05) is 20.3 Å². The van der Waals surface area contributed by atoms with Crippen molar-refractivity contribution >= 4 is 12.0 Å². The summed E-state index contributed by atoms with van der Waals surface area (Å²) in [6.07, 6.45) is 6.64. The van der Waals surface area contributed by atoms with Gasteiger partial charge in [0.15, 0.2) is 0 Å². The summed E-state index contributed by atoms with van der Waals surface area (Å²) < 4.78 is 0. The number of nitrogens with zero attached hydrogens (tertiary/aromatic N) is 2. The number of nitrogens with one attached hydrogen (secondary N) is 1. The van der Waals surface area contributed by atoms with E-state index in [9.17, 15) is 0 Å². The van der Waals surface area contributed by atoms with Gasteiger partial charge in [-0.25, -0.2) is 0 Å². The molecule has 0 aliphatic carbocycles. The van der Waals surface area contributed by atoms with Crippen LogP contribution < -0.4 is 5.32 Å². The molecule has 2 atom stereocenters. The number of rotatable bonds is 2. The van der Waals surface area contributed by atoms with Gasteiger partial charge >= 0.3 is 0 Å². The molecule has 0 spiro atoms. The van der Waals surface area contributed by atoms with Gasteiger partial charge in [-0.15, -0.1) is 0 Å². The molecule has 0 saturated heterocycles. The summed E-state index contributed by atoms with van der Waals surface area (Å²) in [5.41, 5.74) is 2.35. The van der Waals surface area contributed by atoms with E-state index < -0.39 is 0 Å². The largest absolute Gasteiger partial charge is 0.346 e. The van der Waals surface area contributed by atoms with Crippen LogP contribution in [-0.2, 0) is 0 Å². The summed E-state index contributed by atoms with van der Waals surface area (Å²) >= 11 is 0. The first-order valence-electron chi connectivity index (χ1n) is 5.05. The average molecular weight is 189 g/mol. The van der Waals surface area contributed by atoms with E-state index in [0.29, 0.717) is 5.92 Å². The second-order valence-corrected chi connectivity index (χ2v) is 3.72. The molecule has 3 heteroatoms. The quantitative estimate of drug-likeness (QED) is 0.776. The van der Waals surface area contributed by atoms with E-state index in [1.807, 2.05) is 12.3 Å². The molecule has 0 radical (unpaired) electrons. The molecule has 1 aromatic heterocycles. The third-order valence-electron chi connectivity index (χ3n) is 2.81. The Morgan fingerprint density at radius 1 is 1.57 bits per heavy atom. The number of hydrogen-bond donors (Lipinski definition) is 1. The van der Waals surface area contributed by atoms with E-state index in [1.165, 1.54) is 5.56 Å². The summed E-state index contributed by atoms with van der Waals surface area (Å²) in [7, 11) is 0. The van der Waals surface area contributed by atoms with E-state index in [4.69, 9.17) is 0 Å². The summed E-state index contributed by atoms with van der Waals surface area (Å²) in [5, 5.41) is 3.14. The monoisotopic (exact) mass is 189 g/mol. The maximum Gasteiger partial charge on any atom is 0.0875 e. The molecule has 0 amide bonds. The van der Waals surface area contributed by atoms with Crippen LogP contribution in [0.3, 0.4) is 0 Å². The molecule has 2 heterocycles. The topological polar surface area (TPSA) is 37.3 Å². The zero-order valence-electron chi connectivity index (χ0n) is 8.57. The Bertz CT molecular complexity index is 346. The maximum atomic E-state index is 4.47. The summed E-state index contributed by atoms with van der Waals surface area (Å²) in [5.74, 6) is 0.566. The first-order chi connectivity index (χ1) is 6.83. The van der Waals surface area contributed by atoms with Crippen molar-refractivity contribution < 1.29 is 0 Å². The highest BCUT2D eigenvalue weighted by Gasteiger charge is 2.21. The summed E-state index contributed by atoms with van der Waals surface area (Å²) in [6, 6.07) is 2.26. The predicted octanol–water partition coefficient (Wildman–Crippen LogP) is 2.62. The second-order valence-electron chi connectivity index (χ2n) is 3.72. The lowest BCUT2D eigenvalue weighted by Gasteiger charge is -2.24. The van der Waals surface area contributed by atoms with Crippen molar-refractivity contribution in [3.8, 4) is 0 Å². The Labute approximate surface area is 84.3 Å². The molecular weight excluding hydrogens is 174 g/mol. The van der Waals surface area contributed by atoms with E-state index >= 15 is 0 Å². The lowest BCUT2D eigenvalue weighted by atomic mass is 9.92. The molecule has 1 aromatic rings. The fourth-order valence-electron chi connectivity index (χ4n) is 1.72. The summed E-state index contributed by atoms with van der Waals surface area (Å²) in [4.78, 5) is 8.62. The Morgan fingerprint density at radius 2 is 2.43 bits per heavy atom. The fourth-order valence-corrected chi connectivity index (χ4v) is 1.72. The molecule has 1 N–H and O–H groups in total. The zero-order chi connectivity index (χ0) is 9.97. The van der Waals surface area contributed by atoms with E-state index in [2.05, 4.69) is 29.1 Å². The first kappa shape index (κ1) is 9.19. The molecule has 0 fully saturated rings. The van der Waals surface area contributed by atoms with Crippen LogP contribution in [0.2, 0.25) is 0 Å².